The van der Waals surface area contributed by atoms with E-state index in [0.29, 0.717) is 6.54 Å². The Hall–Kier alpha value is -1.83. The van der Waals surface area contributed by atoms with Gasteiger partial charge in [-0.3, -0.25) is 9.59 Å². The lowest BCUT2D eigenvalue weighted by Gasteiger charge is -2.25. The highest BCUT2D eigenvalue weighted by Crippen LogP contribution is 2.28. The Morgan fingerprint density at radius 2 is 1.95 bits per heavy atom. The maximum absolute atomic E-state index is 11.6. The van der Waals surface area contributed by atoms with Gasteiger partial charge in [-0.25, -0.2) is 4.79 Å². The molecular formula is C11H19N3O5. The number of hydrogen-bond donors (Lipinski definition) is 4. The number of carboxylic acid groups (broad SMARTS) is 1. The number of urea groups is 1. The van der Waals surface area contributed by atoms with E-state index in [4.69, 9.17) is 9.84 Å². The second-order valence-corrected chi connectivity index (χ2v) is 4.67. The highest BCUT2D eigenvalue weighted by Gasteiger charge is 2.47. The van der Waals surface area contributed by atoms with Gasteiger partial charge in [-0.2, -0.15) is 0 Å². The highest BCUT2D eigenvalue weighted by molar-refractivity contribution is 5.79. The first-order valence-corrected chi connectivity index (χ1v) is 5.96. The van der Waals surface area contributed by atoms with Crippen LogP contribution in [0.3, 0.4) is 0 Å². The molecular weight excluding hydrogens is 254 g/mol. The summed E-state index contributed by atoms with van der Waals surface area (Å²) >= 11 is 0. The largest absolute Gasteiger partial charge is 0.481 e. The van der Waals surface area contributed by atoms with Gasteiger partial charge in [-0.05, 0) is 6.92 Å². The van der Waals surface area contributed by atoms with Crippen molar-refractivity contribution < 1.29 is 24.2 Å². The lowest BCUT2D eigenvalue weighted by atomic mass is 9.85. The van der Waals surface area contributed by atoms with Crippen LogP contribution in [0.2, 0.25) is 0 Å². The number of carbonyl (C=O) groups excluding carboxylic acids is 2. The summed E-state index contributed by atoms with van der Waals surface area (Å²) in [6.45, 7) is 3.74. The number of amides is 3. The van der Waals surface area contributed by atoms with Gasteiger partial charge in [-0.1, -0.05) is 0 Å². The molecule has 1 aliphatic rings. The Morgan fingerprint density at radius 3 is 2.53 bits per heavy atom. The molecule has 1 saturated heterocycles. The predicted octanol–water partition coefficient (Wildman–Crippen LogP) is -1.09. The van der Waals surface area contributed by atoms with E-state index >= 15 is 0 Å². The fourth-order valence-corrected chi connectivity index (χ4v) is 1.71. The molecule has 3 amide bonds. The minimum absolute atomic E-state index is 0.0686. The van der Waals surface area contributed by atoms with E-state index in [2.05, 4.69) is 16.0 Å². The molecule has 0 bridgehead atoms. The summed E-state index contributed by atoms with van der Waals surface area (Å²) in [7, 11) is 0. The van der Waals surface area contributed by atoms with Crippen molar-refractivity contribution in [2.24, 2.45) is 5.41 Å². The summed E-state index contributed by atoms with van der Waals surface area (Å²) < 4.78 is 5.11. The Morgan fingerprint density at radius 1 is 1.32 bits per heavy atom. The third-order valence-corrected chi connectivity index (χ3v) is 3.03. The van der Waals surface area contributed by atoms with Crippen molar-refractivity contribution >= 4 is 17.9 Å². The van der Waals surface area contributed by atoms with Gasteiger partial charge in [0.05, 0.1) is 19.3 Å². The van der Waals surface area contributed by atoms with Gasteiger partial charge in [0.25, 0.3) is 0 Å². The Balaban J connectivity index is 2.36. The minimum Gasteiger partial charge on any atom is -0.481 e. The van der Waals surface area contributed by atoms with Gasteiger partial charge in [0.15, 0.2) is 0 Å². The molecule has 1 rings (SSSR count). The zero-order valence-corrected chi connectivity index (χ0v) is 11.0. The molecule has 0 spiro atoms. The normalized spacial score (nSPS) is 25.7. The van der Waals surface area contributed by atoms with E-state index in [1.54, 1.807) is 0 Å². The summed E-state index contributed by atoms with van der Waals surface area (Å²) in [6.07, 6.45) is 0. The van der Waals surface area contributed by atoms with Gasteiger partial charge in [-0.15, -0.1) is 0 Å². The molecule has 8 nitrogen and oxygen atoms in total. The molecule has 0 aliphatic carbocycles. The molecule has 4 N–H and O–H groups in total. The van der Waals surface area contributed by atoms with Gasteiger partial charge >= 0.3 is 12.0 Å². The van der Waals surface area contributed by atoms with Crippen molar-refractivity contribution in [3.8, 4) is 0 Å². The summed E-state index contributed by atoms with van der Waals surface area (Å²) in [4.78, 5) is 33.3. The highest BCUT2D eigenvalue weighted by atomic mass is 16.5. The van der Waals surface area contributed by atoms with E-state index in [1.807, 2.05) is 0 Å². The van der Waals surface area contributed by atoms with Gasteiger partial charge < -0.3 is 25.8 Å². The van der Waals surface area contributed by atoms with Crippen LogP contribution >= 0.6 is 0 Å². The Labute approximate surface area is 110 Å². The molecule has 2 atom stereocenters. The van der Waals surface area contributed by atoms with Gasteiger partial charge in [0.1, 0.15) is 5.41 Å². The second-order valence-electron chi connectivity index (χ2n) is 4.67. The van der Waals surface area contributed by atoms with Crippen molar-refractivity contribution in [1.29, 1.82) is 0 Å². The van der Waals surface area contributed by atoms with Gasteiger partial charge in [0.2, 0.25) is 5.91 Å². The average molecular weight is 273 g/mol. The molecule has 0 saturated carbocycles. The zero-order chi connectivity index (χ0) is 14.5. The molecule has 0 aromatic carbocycles. The lowest BCUT2D eigenvalue weighted by molar-refractivity contribution is -0.148. The zero-order valence-electron chi connectivity index (χ0n) is 11.0. The minimum atomic E-state index is -1.12. The van der Waals surface area contributed by atoms with Crippen LogP contribution in [0.1, 0.15) is 13.8 Å². The smallest absolute Gasteiger partial charge is 0.315 e. The molecule has 2 unspecified atom stereocenters. The third-order valence-electron chi connectivity index (χ3n) is 3.03. The SMILES string of the molecule is CC(=O)NCCNC(=O)NC1COCC1(C)C(=O)O. The number of hydrogen-bond acceptors (Lipinski definition) is 4. The molecule has 1 aliphatic heterocycles. The molecule has 8 heteroatoms. The maximum Gasteiger partial charge on any atom is 0.315 e. The first-order chi connectivity index (χ1) is 8.86. The first-order valence-electron chi connectivity index (χ1n) is 5.96. The van der Waals surface area contributed by atoms with Crippen LogP contribution in [0.5, 0.6) is 0 Å². The monoisotopic (exact) mass is 273 g/mol. The maximum atomic E-state index is 11.6. The van der Waals surface area contributed by atoms with E-state index < -0.39 is 23.5 Å². The Bertz CT molecular complexity index is 373. The summed E-state index contributed by atoms with van der Waals surface area (Å²) in [5.74, 6) is -1.18. The van der Waals surface area contributed by atoms with Crippen LogP contribution in [0, 0.1) is 5.41 Å². The number of aliphatic carboxylic acids is 1. The molecule has 19 heavy (non-hydrogen) atoms. The number of carbonyl (C=O) groups is 3. The van der Waals surface area contributed by atoms with Crippen molar-refractivity contribution in [2.45, 2.75) is 19.9 Å². The first kappa shape index (κ1) is 15.2. The van der Waals surface area contributed by atoms with E-state index in [9.17, 15) is 14.4 Å². The van der Waals surface area contributed by atoms with Crippen LogP contribution in [0.25, 0.3) is 0 Å². The van der Waals surface area contributed by atoms with Crippen LogP contribution < -0.4 is 16.0 Å². The third kappa shape index (κ3) is 4.09. The quantitative estimate of drug-likeness (QED) is 0.475. The fraction of sp³-hybridized carbons (Fsp3) is 0.727. The molecule has 0 aromatic rings. The van der Waals surface area contributed by atoms with E-state index in [0.717, 1.165) is 0 Å². The van der Waals surface area contributed by atoms with Crippen LogP contribution in [-0.4, -0.2) is 55.4 Å². The fourth-order valence-electron chi connectivity index (χ4n) is 1.71. The van der Waals surface area contributed by atoms with Crippen LogP contribution in [0.15, 0.2) is 0 Å². The molecule has 0 radical (unpaired) electrons. The van der Waals surface area contributed by atoms with Crippen LogP contribution in [0.4, 0.5) is 4.79 Å². The average Bonchev–Trinajstić information content (AvgIpc) is 2.68. The molecule has 108 valence electrons. The van der Waals surface area contributed by atoms with Crippen LogP contribution in [-0.2, 0) is 14.3 Å². The number of nitrogens with one attached hydrogen (secondary N) is 3. The second kappa shape index (κ2) is 6.37. The number of ether oxygens (including phenoxy) is 1. The van der Waals surface area contributed by atoms with Crippen molar-refractivity contribution in [3.63, 3.8) is 0 Å². The summed E-state index contributed by atoms with van der Waals surface area (Å²) in [5, 5.41) is 16.8. The number of rotatable bonds is 5. The summed E-state index contributed by atoms with van der Waals surface area (Å²) in [5.41, 5.74) is -1.12. The predicted molar refractivity (Wildman–Crippen MR) is 65.6 cm³/mol. The lowest BCUT2D eigenvalue weighted by Crippen LogP contribution is -2.53. The van der Waals surface area contributed by atoms with Gasteiger partial charge in [0, 0.05) is 20.0 Å². The van der Waals surface area contributed by atoms with E-state index in [1.165, 1.54) is 13.8 Å². The van der Waals surface area contributed by atoms with Crippen molar-refractivity contribution in [1.82, 2.24) is 16.0 Å². The molecule has 1 heterocycles. The topological polar surface area (TPSA) is 117 Å². The molecule has 1 fully saturated rings. The standard InChI is InChI=1S/C11H19N3O5/c1-7(15)12-3-4-13-10(18)14-8-5-19-6-11(8,2)9(16)17/h8H,3-6H2,1-2H3,(H,12,15)(H,16,17)(H2,13,14,18). The van der Waals surface area contributed by atoms with Crippen molar-refractivity contribution in [2.75, 3.05) is 26.3 Å². The Kier molecular flexibility index (Phi) is 5.11. The molecule has 0 aromatic heterocycles. The van der Waals surface area contributed by atoms with E-state index in [-0.39, 0.29) is 25.7 Å². The number of carboxylic acids is 1. The summed E-state index contributed by atoms with van der Waals surface area (Å²) in [6, 6.07) is -1.06. The van der Waals surface area contributed by atoms with Crippen molar-refractivity contribution in [3.05, 3.63) is 0 Å².